The Bertz CT molecular complexity index is 109. The predicted molar refractivity (Wildman–Crippen MR) is 48.3 cm³/mol. The lowest BCUT2D eigenvalue weighted by Gasteiger charge is -2.22. The van der Waals surface area contributed by atoms with Crippen LogP contribution in [-0.2, 0) is 0 Å². The summed E-state index contributed by atoms with van der Waals surface area (Å²) in [4.78, 5) is 0. The maximum Gasteiger partial charge on any atom is 0.0143 e. The Morgan fingerprint density at radius 2 is 2.09 bits per heavy atom. The van der Waals surface area contributed by atoms with Crippen molar-refractivity contribution in [2.24, 2.45) is 5.41 Å². The molecule has 0 spiro atoms. The fraction of sp³-hybridized carbons (Fsp3) is 1.00. The fourth-order valence-electron chi connectivity index (χ4n) is 1.25. The zero-order valence-electron chi connectivity index (χ0n) is 7.98. The van der Waals surface area contributed by atoms with Crippen LogP contribution < -0.4 is 5.43 Å². The molecule has 1 fully saturated rings. The van der Waals surface area contributed by atoms with Gasteiger partial charge in [0.1, 0.15) is 0 Å². The van der Waals surface area contributed by atoms with E-state index < -0.39 is 0 Å². The van der Waals surface area contributed by atoms with Crippen LogP contribution in [0.5, 0.6) is 0 Å². The Kier molecular flexibility index (Phi) is 2.90. The third kappa shape index (κ3) is 3.73. The molecule has 0 aromatic heterocycles. The summed E-state index contributed by atoms with van der Waals surface area (Å²) >= 11 is 0. The Morgan fingerprint density at radius 3 is 2.55 bits per heavy atom. The molecule has 2 heteroatoms. The molecule has 66 valence electrons. The first kappa shape index (κ1) is 9.01. The maximum absolute atomic E-state index is 3.36. The number of hydrogen-bond donors (Lipinski definition) is 1. The van der Waals surface area contributed by atoms with E-state index in [1.165, 1.54) is 32.5 Å². The monoisotopic (exact) mass is 156 g/mol. The van der Waals surface area contributed by atoms with Crippen molar-refractivity contribution in [3.8, 4) is 0 Å². The van der Waals surface area contributed by atoms with Crippen molar-refractivity contribution in [1.29, 1.82) is 0 Å². The minimum absolute atomic E-state index is 0.476. The van der Waals surface area contributed by atoms with Gasteiger partial charge in [-0.05, 0) is 18.3 Å². The molecule has 1 saturated heterocycles. The average Bonchev–Trinajstić information content (AvgIpc) is 2.32. The lowest BCUT2D eigenvalue weighted by atomic mass is 9.92. The van der Waals surface area contributed by atoms with E-state index in [9.17, 15) is 0 Å². The number of nitrogens with zero attached hydrogens (tertiary/aromatic N) is 1. The van der Waals surface area contributed by atoms with Crippen LogP contribution >= 0.6 is 0 Å². The second kappa shape index (κ2) is 3.55. The van der Waals surface area contributed by atoms with Gasteiger partial charge in [0.05, 0.1) is 0 Å². The minimum Gasteiger partial charge on any atom is -0.255 e. The second-order valence-electron chi connectivity index (χ2n) is 4.56. The topological polar surface area (TPSA) is 15.3 Å². The predicted octanol–water partition coefficient (Wildman–Crippen LogP) is 1.63. The van der Waals surface area contributed by atoms with Gasteiger partial charge in [0.25, 0.3) is 0 Å². The van der Waals surface area contributed by atoms with Gasteiger partial charge in [-0.2, -0.15) is 0 Å². The van der Waals surface area contributed by atoms with Crippen molar-refractivity contribution in [2.45, 2.75) is 33.6 Å². The first-order valence-electron chi connectivity index (χ1n) is 4.56. The fourth-order valence-corrected chi connectivity index (χ4v) is 1.25. The third-order valence-electron chi connectivity index (χ3n) is 2.07. The van der Waals surface area contributed by atoms with Crippen molar-refractivity contribution in [1.82, 2.24) is 10.4 Å². The summed E-state index contributed by atoms with van der Waals surface area (Å²) in [5.74, 6) is 0. The molecule has 0 radical (unpaired) electrons. The highest BCUT2D eigenvalue weighted by atomic mass is 15.5. The normalized spacial score (nSPS) is 21.0. The highest BCUT2D eigenvalue weighted by Gasteiger charge is 2.15. The van der Waals surface area contributed by atoms with E-state index in [1.54, 1.807) is 0 Å². The van der Waals surface area contributed by atoms with Crippen molar-refractivity contribution >= 4 is 0 Å². The van der Waals surface area contributed by atoms with Gasteiger partial charge < -0.3 is 0 Å². The Morgan fingerprint density at radius 1 is 1.36 bits per heavy atom. The van der Waals surface area contributed by atoms with Crippen LogP contribution in [-0.4, -0.2) is 24.6 Å². The van der Waals surface area contributed by atoms with Crippen molar-refractivity contribution < 1.29 is 0 Å². The highest BCUT2D eigenvalue weighted by molar-refractivity contribution is 4.67. The molecule has 0 aliphatic carbocycles. The van der Waals surface area contributed by atoms with Gasteiger partial charge in [-0.3, -0.25) is 5.43 Å². The number of hydrogen-bond acceptors (Lipinski definition) is 2. The molecule has 1 aliphatic heterocycles. The van der Waals surface area contributed by atoms with Crippen LogP contribution in [0.2, 0.25) is 0 Å². The molecule has 1 aliphatic rings. The van der Waals surface area contributed by atoms with Crippen LogP contribution in [0, 0.1) is 5.41 Å². The molecule has 0 unspecified atom stereocenters. The Hall–Kier alpha value is -0.0800. The van der Waals surface area contributed by atoms with Gasteiger partial charge in [0.15, 0.2) is 0 Å². The van der Waals surface area contributed by atoms with Gasteiger partial charge in [-0.1, -0.05) is 20.8 Å². The van der Waals surface area contributed by atoms with Crippen LogP contribution in [0.4, 0.5) is 0 Å². The number of rotatable bonds is 2. The molecule has 1 rings (SSSR count). The van der Waals surface area contributed by atoms with E-state index in [1.807, 2.05) is 0 Å². The summed E-state index contributed by atoms with van der Waals surface area (Å²) in [5.41, 5.74) is 3.84. The average molecular weight is 156 g/mol. The number of nitrogens with one attached hydrogen (secondary N) is 1. The molecule has 0 amide bonds. The van der Waals surface area contributed by atoms with Gasteiger partial charge in [-0.25, -0.2) is 5.01 Å². The van der Waals surface area contributed by atoms with Crippen LogP contribution in [0.3, 0.4) is 0 Å². The summed E-state index contributed by atoms with van der Waals surface area (Å²) in [6.45, 7) is 10.5. The zero-order valence-corrected chi connectivity index (χ0v) is 7.98. The highest BCUT2D eigenvalue weighted by Crippen LogP contribution is 2.18. The van der Waals surface area contributed by atoms with Crippen LogP contribution in [0.25, 0.3) is 0 Å². The summed E-state index contributed by atoms with van der Waals surface area (Å²) in [7, 11) is 0. The van der Waals surface area contributed by atoms with E-state index in [-0.39, 0.29) is 0 Å². The first-order valence-corrected chi connectivity index (χ1v) is 4.56. The van der Waals surface area contributed by atoms with E-state index in [2.05, 4.69) is 31.2 Å². The van der Waals surface area contributed by atoms with Crippen LogP contribution in [0.1, 0.15) is 33.6 Å². The minimum atomic E-state index is 0.476. The summed E-state index contributed by atoms with van der Waals surface area (Å²) in [5, 5.41) is 2.34. The van der Waals surface area contributed by atoms with Gasteiger partial charge >= 0.3 is 0 Å². The SMILES string of the molecule is CC(C)(C)CCN1CCCN1. The molecule has 0 aromatic carbocycles. The summed E-state index contributed by atoms with van der Waals surface area (Å²) in [6.07, 6.45) is 2.59. The molecular formula is C9H20N2. The molecular weight excluding hydrogens is 136 g/mol. The Labute approximate surface area is 69.9 Å². The van der Waals surface area contributed by atoms with E-state index in [0.29, 0.717) is 5.41 Å². The van der Waals surface area contributed by atoms with Gasteiger partial charge in [0.2, 0.25) is 0 Å². The lowest BCUT2D eigenvalue weighted by molar-refractivity contribution is 0.211. The molecule has 0 bridgehead atoms. The molecule has 1 heterocycles. The quantitative estimate of drug-likeness (QED) is 0.653. The van der Waals surface area contributed by atoms with E-state index >= 15 is 0 Å². The maximum atomic E-state index is 3.36. The molecule has 0 aromatic rings. The largest absolute Gasteiger partial charge is 0.255 e. The first-order chi connectivity index (χ1) is 5.08. The van der Waals surface area contributed by atoms with Gasteiger partial charge in [-0.15, -0.1) is 0 Å². The number of hydrazine groups is 1. The second-order valence-corrected chi connectivity index (χ2v) is 4.56. The molecule has 0 saturated carbocycles. The molecule has 1 N–H and O–H groups in total. The Balaban J connectivity index is 2.11. The van der Waals surface area contributed by atoms with Crippen molar-refractivity contribution in [3.63, 3.8) is 0 Å². The molecule has 2 nitrogen and oxygen atoms in total. The molecule has 11 heavy (non-hydrogen) atoms. The zero-order chi connectivity index (χ0) is 8.32. The van der Waals surface area contributed by atoms with E-state index in [0.717, 1.165) is 0 Å². The smallest absolute Gasteiger partial charge is 0.0143 e. The van der Waals surface area contributed by atoms with E-state index in [4.69, 9.17) is 0 Å². The summed E-state index contributed by atoms with van der Waals surface area (Å²) < 4.78 is 0. The van der Waals surface area contributed by atoms with Crippen LogP contribution in [0.15, 0.2) is 0 Å². The van der Waals surface area contributed by atoms with Crippen molar-refractivity contribution in [3.05, 3.63) is 0 Å². The lowest BCUT2D eigenvalue weighted by Crippen LogP contribution is -2.33. The summed E-state index contributed by atoms with van der Waals surface area (Å²) in [6, 6.07) is 0. The molecule has 0 atom stereocenters. The standard InChI is InChI=1S/C9H20N2/c1-9(2,3)5-8-11-7-4-6-10-11/h10H,4-8H2,1-3H3. The van der Waals surface area contributed by atoms with Crippen molar-refractivity contribution in [2.75, 3.05) is 19.6 Å². The van der Waals surface area contributed by atoms with Gasteiger partial charge in [0, 0.05) is 19.6 Å². The third-order valence-corrected chi connectivity index (χ3v) is 2.07.